The Morgan fingerprint density at radius 2 is 1.45 bits per heavy atom. The molecule has 5 nitrogen and oxygen atoms in total. The second-order valence-electron chi connectivity index (χ2n) is 4.59. The van der Waals surface area contributed by atoms with E-state index >= 15 is 0 Å². The zero-order valence-electron chi connectivity index (χ0n) is 11.9. The highest BCUT2D eigenvalue weighted by molar-refractivity contribution is 5.65. The van der Waals surface area contributed by atoms with Gasteiger partial charge in [-0.25, -0.2) is 0 Å². The molecule has 0 saturated heterocycles. The summed E-state index contributed by atoms with van der Waals surface area (Å²) in [6.07, 6.45) is 0. The quantitative estimate of drug-likeness (QED) is 0.783. The van der Waals surface area contributed by atoms with Crippen LogP contribution in [-0.4, -0.2) is 33.5 Å². The van der Waals surface area contributed by atoms with Gasteiger partial charge in [-0.15, -0.1) is 10.2 Å². The summed E-state index contributed by atoms with van der Waals surface area (Å²) in [5, 5.41) is 17.4. The van der Waals surface area contributed by atoms with Gasteiger partial charge in [-0.1, -0.05) is 60.7 Å². The van der Waals surface area contributed by atoms with Crippen LogP contribution in [0.15, 0.2) is 60.7 Å². The molecule has 0 amide bonds. The zero-order valence-corrected chi connectivity index (χ0v) is 11.9. The molecule has 22 heavy (non-hydrogen) atoms. The van der Waals surface area contributed by atoms with E-state index < -0.39 is 0 Å². The highest BCUT2D eigenvalue weighted by atomic mass is 16.5. The number of ether oxygens (including phenoxy) is 1. The fourth-order valence-corrected chi connectivity index (χ4v) is 2.04. The normalized spacial score (nSPS) is 10.4. The third-order valence-electron chi connectivity index (χ3n) is 3.06. The van der Waals surface area contributed by atoms with Crippen LogP contribution in [0.2, 0.25) is 0 Å². The number of rotatable bonds is 5. The van der Waals surface area contributed by atoms with Crippen molar-refractivity contribution in [3.63, 3.8) is 0 Å². The summed E-state index contributed by atoms with van der Waals surface area (Å²) in [7, 11) is 0. The molecule has 0 aliphatic heterocycles. The Kier molecular flexibility index (Phi) is 4.36. The summed E-state index contributed by atoms with van der Waals surface area (Å²) in [5.41, 5.74) is 2.30. The highest BCUT2D eigenvalue weighted by Crippen LogP contribution is 2.27. The Bertz CT molecular complexity index is 733. The van der Waals surface area contributed by atoms with Gasteiger partial charge in [0, 0.05) is 11.1 Å². The van der Waals surface area contributed by atoms with E-state index in [2.05, 4.69) is 15.2 Å². The van der Waals surface area contributed by atoms with Crippen molar-refractivity contribution in [1.29, 1.82) is 0 Å². The first-order valence-electron chi connectivity index (χ1n) is 6.97. The third kappa shape index (κ3) is 3.10. The van der Waals surface area contributed by atoms with Gasteiger partial charge < -0.3 is 9.84 Å². The molecule has 1 aromatic heterocycles. The van der Waals surface area contributed by atoms with Crippen molar-refractivity contribution in [2.75, 3.05) is 13.2 Å². The Morgan fingerprint density at radius 1 is 0.818 bits per heavy atom. The summed E-state index contributed by atoms with van der Waals surface area (Å²) in [6, 6.07) is 19.2. The van der Waals surface area contributed by atoms with E-state index in [1.807, 2.05) is 60.7 Å². The molecule has 0 fully saturated rings. The van der Waals surface area contributed by atoms with E-state index in [0.717, 1.165) is 11.1 Å². The first-order chi connectivity index (χ1) is 10.9. The van der Waals surface area contributed by atoms with E-state index in [9.17, 15) is 0 Å². The number of hydrogen-bond donors (Lipinski definition) is 1. The summed E-state index contributed by atoms with van der Waals surface area (Å²) in [4.78, 5) is 4.45. The van der Waals surface area contributed by atoms with Crippen molar-refractivity contribution in [2.24, 2.45) is 0 Å². The van der Waals surface area contributed by atoms with E-state index in [4.69, 9.17) is 9.84 Å². The van der Waals surface area contributed by atoms with Crippen molar-refractivity contribution >= 4 is 0 Å². The maximum absolute atomic E-state index is 8.99. The molecule has 3 rings (SSSR count). The molecule has 0 aliphatic carbocycles. The fourth-order valence-electron chi connectivity index (χ4n) is 2.04. The Balaban J connectivity index is 2.04. The summed E-state index contributed by atoms with van der Waals surface area (Å²) >= 11 is 0. The van der Waals surface area contributed by atoms with Crippen LogP contribution >= 0.6 is 0 Å². The van der Waals surface area contributed by atoms with Gasteiger partial charge in [0.1, 0.15) is 6.61 Å². The fraction of sp³-hybridized carbons (Fsp3) is 0.118. The third-order valence-corrected chi connectivity index (χ3v) is 3.06. The van der Waals surface area contributed by atoms with Gasteiger partial charge in [0.15, 0.2) is 11.5 Å². The number of aromatic nitrogens is 3. The maximum atomic E-state index is 8.99. The molecule has 3 aromatic rings. The number of benzene rings is 2. The largest absolute Gasteiger partial charge is 0.474 e. The number of aliphatic hydroxyl groups is 1. The summed E-state index contributed by atoms with van der Waals surface area (Å²) in [6.45, 7) is 0.0751. The van der Waals surface area contributed by atoms with Gasteiger partial charge in [-0.05, 0) is 0 Å². The van der Waals surface area contributed by atoms with Crippen molar-refractivity contribution in [2.45, 2.75) is 0 Å². The van der Waals surface area contributed by atoms with Crippen molar-refractivity contribution in [3.05, 3.63) is 60.7 Å². The molecule has 0 radical (unpaired) electrons. The minimum absolute atomic E-state index is 0.0844. The molecule has 1 heterocycles. The first kappa shape index (κ1) is 14.2. The topological polar surface area (TPSA) is 68.1 Å². The van der Waals surface area contributed by atoms with Gasteiger partial charge in [0.2, 0.25) is 5.88 Å². The average Bonchev–Trinajstić information content (AvgIpc) is 2.61. The number of hydrogen-bond acceptors (Lipinski definition) is 5. The van der Waals surface area contributed by atoms with Crippen LogP contribution in [0.4, 0.5) is 0 Å². The van der Waals surface area contributed by atoms with Gasteiger partial charge in [0.25, 0.3) is 0 Å². The molecule has 0 unspecified atom stereocenters. The van der Waals surface area contributed by atoms with E-state index in [-0.39, 0.29) is 13.2 Å². The Hall–Kier alpha value is -2.79. The minimum atomic E-state index is -0.0844. The molecular weight excluding hydrogens is 278 g/mol. The van der Waals surface area contributed by atoms with Crippen LogP contribution in [0.25, 0.3) is 22.6 Å². The smallest absolute Gasteiger partial charge is 0.244 e. The highest BCUT2D eigenvalue weighted by Gasteiger charge is 2.13. The lowest BCUT2D eigenvalue weighted by Crippen LogP contribution is -2.07. The molecule has 5 heteroatoms. The maximum Gasteiger partial charge on any atom is 0.244 e. The molecule has 110 valence electrons. The second kappa shape index (κ2) is 6.78. The Labute approximate surface area is 128 Å². The lowest BCUT2D eigenvalue weighted by Gasteiger charge is -2.09. The Morgan fingerprint density at radius 3 is 2.09 bits per heavy atom. The average molecular weight is 293 g/mol. The van der Waals surface area contributed by atoms with Gasteiger partial charge in [0.05, 0.1) is 6.61 Å². The van der Waals surface area contributed by atoms with Crippen molar-refractivity contribution in [1.82, 2.24) is 15.2 Å². The predicted octanol–water partition coefficient (Wildman–Crippen LogP) is 2.58. The summed E-state index contributed by atoms with van der Waals surface area (Å²) < 4.78 is 5.54. The molecule has 0 aliphatic rings. The summed E-state index contributed by atoms with van der Waals surface area (Å²) in [5.74, 6) is 0.863. The minimum Gasteiger partial charge on any atom is -0.474 e. The monoisotopic (exact) mass is 293 g/mol. The zero-order chi connectivity index (χ0) is 15.2. The molecular formula is C17H15N3O2. The van der Waals surface area contributed by atoms with Crippen LogP contribution in [-0.2, 0) is 0 Å². The number of nitrogens with zero attached hydrogens (tertiary/aromatic N) is 3. The van der Waals surface area contributed by atoms with E-state index in [1.54, 1.807) is 0 Å². The van der Waals surface area contributed by atoms with Gasteiger partial charge in [-0.2, -0.15) is 4.98 Å². The van der Waals surface area contributed by atoms with Crippen LogP contribution < -0.4 is 4.74 Å². The second-order valence-corrected chi connectivity index (χ2v) is 4.59. The van der Waals surface area contributed by atoms with Crippen LogP contribution in [0, 0.1) is 0 Å². The SMILES string of the molecule is OCCOc1nc(-c2ccccc2)nnc1-c1ccccc1. The van der Waals surface area contributed by atoms with Crippen LogP contribution in [0.3, 0.4) is 0 Å². The van der Waals surface area contributed by atoms with Crippen molar-refractivity contribution in [3.8, 4) is 28.5 Å². The molecule has 0 atom stereocenters. The lowest BCUT2D eigenvalue weighted by atomic mass is 10.1. The van der Waals surface area contributed by atoms with E-state index in [0.29, 0.717) is 17.4 Å². The molecule has 0 spiro atoms. The van der Waals surface area contributed by atoms with Gasteiger partial charge in [-0.3, -0.25) is 0 Å². The van der Waals surface area contributed by atoms with Crippen molar-refractivity contribution < 1.29 is 9.84 Å². The molecule has 2 aromatic carbocycles. The van der Waals surface area contributed by atoms with Crippen LogP contribution in [0.5, 0.6) is 5.88 Å². The first-order valence-corrected chi connectivity index (χ1v) is 6.97. The number of aliphatic hydroxyl groups excluding tert-OH is 1. The predicted molar refractivity (Wildman–Crippen MR) is 83.3 cm³/mol. The van der Waals surface area contributed by atoms with E-state index in [1.165, 1.54) is 0 Å². The molecule has 0 bridgehead atoms. The standard InChI is InChI=1S/C17H15N3O2/c21-11-12-22-17-15(13-7-3-1-4-8-13)19-20-16(18-17)14-9-5-2-6-10-14/h1-10,21H,11-12H2. The lowest BCUT2D eigenvalue weighted by molar-refractivity contribution is 0.196. The molecule has 1 N–H and O–H groups in total. The van der Waals surface area contributed by atoms with Gasteiger partial charge >= 0.3 is 0 Å². The van der Waals surface area contributed by atoms with Crippen LogP contribution in [0.1, 0.15) is 0 Å². The molecule has 0 saturated carbocycles.